The monoisotopic (exact) mass is 256 g/mol. The third-order valence-corrected chi connectivity index (χ3v) is 2.38. The molecule has 18 heavy (non-hydrogen) atoms. The van der Waals surface area contributed by atoms with Gasteiger partial charge in [-0.25, -0.2) is 4.79 Å². The molecule has 0 aliphatic heterocycles. The van der Waals surface area contributed by atoms with Crippen LogP contribution in [0.3, 0.4) is 0 Å². The van der Waals surface area contributed by atoms with E-state index in [9.17, 15) is 9.59 Å². The highest BCUT2D eigenvalue weighted by Crippen LogP contribution is 2.21. The number of carbonyl (C=O) groups is 2. The Balaban J connectivity index is 2.78. The van der Waals surface area contributed by atoms with Crippen LogP contribution in [0.25, 0.3) is 0 Å². The number of nitrogens with zero attached hydrogens (tertiary/aromatic N) is 1. The van der Waals surface area contributed by atoms with Gasteiger partial charge in [0.2, 0.25) is 0 Å². The van der Waals surface area contributed by atoms with Gasteiger partial charge in [0.1, 0.15) is 5.56 Å². The molecular formula is C11H16N2O5. The molecule has 0 saturated carbocycles. The van der Waals surface area contributed by atoms with Gasteiger partial charge in [-0.05, 0) is 6.92 Å². The molecule has 3 N–H and O–H groups in total. The van der Waals surface area contributed by atoms with Crippen molar-refractivity contribution in [1.82, 2.24) is 10.5 Å². The first kappa shape index (κ1) is 14.2. The molecule has 0 aliphatic carbocycles. The Bertz CT molecular complexity index is 452. The Morgan fingerprint density at radius 1 is 1.44 bits per heavy atom. The maximum absolute atomic E-state index is 11.9. The fourth-order valence-electron chi connectivity index (χ4n) is 1.42. The fourth-order valence-corrected chi connectivity index (χ4v) is 1.42. The molecule has 0 bridgehead atoms. The van der Waals surface area contributed by atoms with E-state index in [1.165, 1.54) is 0 Å². The van der Waals surface area contributed by atoms with Crippen LogP contribution >= 0.6 is 0 Å². The molecule has 0 aliphatic rings. The predicted octanol–water partition coefficient (Wildman–Crippen LogP) is 0.282. The van der Waals surface area contributed by atoms with Gasteiger partial charge in [0, 0.05) is 5.92 Å². The van der Waals surface area contributed by atoms with Crippen molar-refractivity contribution in [3.05, 3.63) is 17.0 Å². The molecule has 1 heterocycles. The van der Waals surface area contributed by atoms with Gasteiger partial charge >= 0.3 is 5.97 Å². The van der Waals surface area contributed by atoms with E-state index in [0.29, 0.717) is 17.0 Å². The minimum Gasteiger partial charge on any atom is -0.479 e. The van der Waals surface area contributed by atoms with Gasteiger partial charge < -0.3 is 20.1 Å². The molecule has 1 rings (SSSR count). The number of aliphatic carboxylic acids is 1. The largest absolute Gasteiger partial charge is 0.479 e. The molecule has 0 spiro atoms. The third-order valence-electron chi connectivity index (χ3n) is 2.38. The number of aromatic nitrogens is 1. The summed E-state index contributed by atoms with van der Waals surface area (Å²) in [6.45, 7) is 4.96. The average Bonchev–Trinajstić information content (AvgIpc) is 2.67. The highest BCUT2D eigenvalue weighted by atomic mass is 16.5. The minimum absolute atomic E-state index is 0.0173. The first-order valence-electron chi connectivity index (χ1n) is 5.49. The summed E-state index contributed by atoms with van der Waals surface area (Å²) in [5, 5.41) is 23.6. The average molecular weight is 256 g/mol. The van der Waals surface area contributed by atoms with Crippen LogP contribution in [-0.4, -0.2) is 39.9 Å². The van der Waals surface area contributed by atoms with E-state index >= 15 is 0 Å². The molecule has 1 aromatic rings. The Morgan fingerprint density at radius 3 is 2.56 bits per heavy atom. The number of amides is 1. The minimum atomic E-state index is -1.63. The zero-order chi connectivity index (χ0) is 13.9. The van der Waals surface area contributed by atoms with Crippen molar-refractivity contribution in [2.24, 2.45) is 0 Å². The molecule has 7 heteroatoms. The van der Waals surface area contributed by atoms with Crippen LogP contribution in [0.15, 0.2) is 4.52 Å². The Kier molecular flexibility index (Phi) is 4.43. The molecular weight excluding hydrogens is 240 g/mol. The molecule has 0 saturated heterocycles. The quantitative estimate of drug-likeness (QED) is 0.697. The highest BCUT2D eigenvalue weighted by molar-refractivity contribution is 5.96. The summed E-state index contributed by atoms with van der Waals surface area (Å²) in [4.78, 5) is 22.3. The number of nitrogens with one attached hydrogen (secondary N) is 1. The van der Waals surface area contributed by atoms with Crippen LogP contribution in [-0.2, 0) is 4.79 Å². The number of carboxylic acids is 1. The van der Waals surface area contributed by atoms with E-state index in [2.05, 4.69) is 10.5 Å². The van der Waals surface area contributed by atoms with Crippen molar-refractivity contribution < 1.29 is 24.3 Å². The first-order valence-corrected chi connectivity index (χ1v) is 5.49. The maximum atomic E-state index is 11.9. The summed E-state index contributed by atoms with van der Waals surface area (Å²) in [7, 11) is 0. The number of hydrogen-bond acceptors (Lipinski definition) is 5. The number of hydrogen-bond donors (Lipinski definition) is 3. The van der Waals surface area contributed by atoms with E-state index in [0.717, 1.165) is 0 Å². The molecule has 0 unspecified atom stereocenters. The third kappa shape index (κ3) is 3.07. The second-order valence-electron chi connectivity index (χ2n) is 4.23. The van der Waals surface area contributed by atoms with Crippen LogP contribution in [0, 0.1) is 6.92 Å². The van der Waals surface area contributed by atoms with Gasteiger partial charge in [-0.15, -0.1) is 0 Å². The van der Waals surface area contributed by atoms with Gasteiger partial charge in [0.25, 0.3) is 5.91 Å². The van der Waals surface area contributed by atoms with Crippen molar-refractivity contribution in [3.63, 3.8) is 0 Å². The van der Waals surface area contributed by atoms with E-state index in [1.54, 1.807) is 6.92 Å². The summed E-state index contributed by atoms with van der Waals surface area (Å²) in [6.07, 6.45) is -1.63. The fraction of sp³-hybridized carbons (Fsp3) is 0.545. The van der Waals surface area contributed by atoms with Crippen molar-refractivity contribution >= 4 is 11.9 Å². The summed E-state index contributed by atoms with van der Waals surface area (Å²) in [5.41, 5.74) is 0.726. The van der Waals surface area contributed by atoms with Crippen LogP contribution < -0.4 is 5.32 Å². The first-order chi connectivity index (χ1) is 8.34. The molecule has 100 valence electrons. The topological polar surface area (TPSA) is 113 Å². The van der Waals surface area contributed by atoms with E-state index in [1.807, 2.05) is 13.8 Å². The van der Waals surface area contributed by atoms with Gasteiger partial charge in [0.05, 0.1) is 12.2 Å². The second kappa shape index (κ2) is 5.63. The van der Waals surface area contributed by atoms with Crippen molar-refractivity contribution in [2.45, 2.75) is 32.8 Å². The highest BCUT2D eigenvalue weighted by Gasteiger charge is 2.23. The molecule has 0 aromatic carbocycles. The lowest BCUT2D eigenvalue weighted by Crippen LogP contribution is -2.36. The summed E-state index contributed by atoms with van der Waals surface area (Å²) in [6, 6.07) is 0. The van der Waals surface area contributed by atoms with Gasteiger partial charge in [-0.3, -0.25) is 4.79 Å². The zero-order valence-corrected chi connectivity index (χ0v) is 10.4. The van der Waals surface area contributed by atoms with Crippen LogP contribution in [0.4, 0.5) is 0 Å². The van der Waals surface area contributed by atoms with Crippen molar-refractivity contribution in [1.29, 1.82) is 0 Å². The lowest BCUT2D eigenvalue weighted by Gasteiger charge is -2.08. The van der Waals surface area contributed by atoms with Crippen LogP contribution in [0.1, 0.15) is 41.6 Å². The number of carbonyl (C=O) groups excluding carboxylic acids is 1. The predicted molar refractivity (Wildman–Crippen MR) is 61.3 cm³/mol. The van der Waals surface area contributed by atoms with Crippen molar-refractivity contribution in [3.8, 4) is 0 Å². The van der Waals surface area contributed by atoms with Crippen LogP contribution in [0.5, 0.6) is 0 Å². The molecule has 7 nitrogen and oxygen atoms in total. The molecule has 0 fully saturated rings. The van der Waals surface area contributed by atoms with Crippen molar-refractivity contribution in [2.75, 3.05) is 6.54 Å². The number of aryl methyl sites for hydroxylation is 1. The Labute approximate surface area is 104 Å². The van der Waals surface area contributed by atoms with E-state index < -0.39 is 18.0 Å². The number of rotatable bonds is 5. The Hall–Kier alpha value is -1.89. The lowest BCUT2D eigenvalue weighted by atomic mass is 10.0. The normalized spacial score (nSPS) is 12.5. The summed E-state index contributed by atoms with van der Waals surface area (Å²) < 4.78 is 5.04. The smallest absolute Gasteiger partial charge is 0.334 e. The molecule has 1 aromatic heterocycles. The molecule has 0 radical (unpaired) electrons. The second-order valence-corrected chi connectivity index (χ2v) is 4.23. The number of carboxylic acid groups (broad SMARTS) is 1. The van der Waals surface area contributed by atoms with Gasteiger partial charge in [-0.1, -0.05) is 19.0 Å². The zero-order valence-electron chi connectivity index (χ0n) is 10.4. The van der Waals surface area contributed by atoms with E-state index in [-0.39, 0.29) is 12.5 Å². The molecule has 1 atom stereocenters. The van der Waals surface area contributed by atoms with E-state index in [4.69, 9.17) is 14.7 Å². The molecule has 1 amide bonds. The standard InChI is InChI=1S/C11H16N2O5/c1-5(2)9-8(6(3)13-18-9)10(15)12-4-7(14)11(16)17/h5,7,14H,4H2,1-3H3,(H,12,15)(H,16,17)/t7-/m0/s1. The Morgan fingerprint density at radius 2 is 2.06 bits per heavy atom. The van der Waals surface area contributed by atoms with Crippen LogP contribution in [0.2, 0.25) is 0 Å². The summed E-state index contributed by atoms with van der Waals surface area (Å²) in [5.74, 6) is -1.47. The summed E-state index contributed by atoms with van der Waals surface area (Å²) >= 11 is 0. The lowest BCUT2D eigenvalue weighted by molar-refractivity contribution is -0.146. The van der Waals surface area contributed by atoms with Gasteiger partial charge in [0.15, 0.2) is 11.9 Å². The number of aliphatic hydroxyl groups is 1. The SMILES string of the molecule is Cc1noc(C(C)C)c1C(=O)NC[C@H](O)C(=O)O. The number of aliphatic hydroxyl groups excluding tert-OH is 1. The van der Waals surface area contributed by atoms with Gasteiger partial charge in [-0.2, -0.15) is 0 Å². The maximum Gasteiger partial charge on any atom is 0.334 e.